The molecule has 0 amide bonds. The standard InChI is InChI=1S/C18H16ClNO4S/c1-23-12-10-13-4-6-14(7-5-13)24-25(21,22)17-9-8-16(19)18-15(17)3-2-11-20-18/h2-9,11H,10,12H2,1H3. The Hall–Kier alpha value is -2.15. The first-order valence-electron chi connectivity index (χ1n) is 7.57. The third kappa shape index (κ3) is 3.92. The maximum atomic E-state index is 12.7. The van der Waals surface area contributed by atoms with Crippen molar-refractivity contribution in [3.05, 3.63) is 65.3 Å². The van der Waals surface area contributed by atoms with E-state index in [0.717, 1.165) is 12.0 Å². The molecule has 3 aromatic rings. The fourth-order valence-electron chi connectivity index (χ4n) is 2.43. The molecule has 0 aliphatic heterocycles. The first-order chi connectivity index (χ1) is 12.0. The highest BCUT2D eigenvalue weighted by atomic mass is 35.5. The zero-order valence-electron chi connectivity index (χ0n) is 13.5. The van der Waals surface area contributed by atoms with Crippen molar-refractivity contribution >= 4 is 32.6 Å². The van der Waals surface area contributed by atoms with Crippen LogP contribution in [0.15, 0.2) is 59.6 Å². The summed E-state index contributed by atoms with van der Waals surface area (Å²) in [7, 11) is -2.38. The number of nitrogens with zero attached hydrogens (tertiary/aromatic N) is 1. The van der Waals surface area contributed by atoms with E-state index in [0.29, 0.717) is 22.5 Å². The molecule has 0 unspecified atom stereocenters. The summed E-state index contributed by atoms with van der Waals surface area (Å²) >= 11 is 6.09. The number of hydrogen-bond acceptors (Lipinski definition) is 5. The van der Waals surface area contributed by atoms with Crippen LogP contribution in [-0.4, -0.2) is 27.1 Å². The normalized spacial score (nSPS) is 11.6. The number of rotatable bonds is 6. The first kappa shape index (κ1) is 17.7. The van der Waals surface area contributed by atoms with Crippen LogP contribution in [0, 0.1) is 0 Å². The number of halogens is 1. The van der Waals surface area contributed by atoms with Crippen molar-refractivity contribution in [3.8, 4) is 5.75 Å². The van der Waals surface area contributed by atoms with Gasteiger partial charge in [0.15, 0.2) is 0 Å². The van der Waals surface area contributed by atoms with Gasteiger partial charge >= 0.3 is 10.1 Å². The van der Waals surface area contributed by atoms with Gasteiger partial charge in [-0.3, -0.25) is 4.98 Å². The molecule has 3 rings (SSSR count). The average molecular weight is 378 g/mol. The Morgan fingerprint density at radius 1 is 1.08 bits per heavy atom. The van der Waals surface area contributed by atoms with Crippen LogP contribution >= 0.6 is 11.6 Å². The number of hydrogen-bond donors (Lipinski definition) is 0. The lowest BCUT2D eigenvalue weighted by atomic mass is 10.1. The van der Waals surface area contributed by atoms with Gasteiger partial charge in [-0.15, -0.1) is 0 Å². The minimum Gasteiger partial charge on any atom is -0.384 e. The molecule has 0 saturated carbocycles. The topological polar surface area (TPSA) is 65.5 Å². The number of ether oxygens (including phenoxy) is 1. The van der Waals surface area contributed by atoms with Crippen LogP contribution in [0.5, 0.6) is 5.75 Å². The fraction of sp³-hybridized carbons (Fsp3) is 0.167. The van der Waals surface area contributed by atoms with E-state index in [1.54, 1.807) is 37.6 Å². The van der Waals surface area contributed by atoms with Crippen LogP contribution in [0.1, 0.15) is 5.56 Å². The van der Waals surface area contributed by atoms with E-state index < -0.39 is 10.1 Å². The molecule has 0 N–H and O–H groups in total. The summed E-state index contributed by atoms with van der Waals surface area (Å²) in [6.07, 6.45) is 2.31. The highest BCUT2D eigenvalue weighted by Gasteiger charge is 2.21. The maximum Gasteiger partial charge on any atom is 0.339 e. The van der Waals surface area contributed by atoms with Crippen molar-refractivity contribution in [2.45, 2.75) is 11.3 Å². The van der Waals surface area contributed by atoms with Gasteiger partial charge in [0.25, 0.3) is 0 Å². The van der Waals surface area contributed by atoms with Crippen LogP contribution in [0.3, 0.4) is 0 Å². The Kier molecular flexibility index (Phi) is 5.22. The lowest BCUT2D eigenvalue weighted by Gasteiger charge is -2.10. The van der Waals surface area contributed by atoms with E-state index >= 15 is 0 Å². The summed E-state index contributed by atoms with van der Waals surface area (Å²) in [4.78, 5) is 4.17. The first-order valence-corrected chi connectivity index (χ1v) is 9.35. The summed E-state index contributed by atoms with van der Waals surface area (Å²) in [6, 6.07) is 13.1. The highest BCUT2D eigenvalue weighted by molar-refractivity contribution is 7.87. The second-order valence-electron chi connectivity index (χ2n) is 5.37. The molecule has 1 heterocycles. The van der Waals surface area contributed by atoms with E-state index in [9.17, 15) is 8.42 Å². The Labute approximate surface area is 151 Å². The lowest BCUT2D eigenvalue weighted by molar-refractivity contribution is 0.202. The van der Waals surface area contributed by atoms with Crippen molar-refractivity contribution in [1.82, 2.24) is 4.98 Å². The molecule has 0 radical (unpaired) electrons. The Balaban J connectivity index is 1.91. The molecule has 25 heavy (non-hydrogen) atoms. The summed E-state index contributed by atoms with van der Waals surface area (Å²) in [6.45, 7) is 0.599. The molecule has 7 heteroatoms. The summed E-state index contributed by atoms with van der Waals surface area (Å²) in [5.41, 5.74) is 1.46. The second kappa shape index (κ2) is 7.39. The zero-order valence-corrected chi connectivity index (χ0v) is 15.0. The molecule has 1 aromatic heterocycles. The Morgan fingerprint density at radius 2 is 1.84 bits per heavy atom. The lowest BCUT2D eigenvalue weighted by Crippen LogP contribution is -2.10. The molecule has 0 aliphatic carbocycles. The number of fused-ring (bicyclic) bond motifs is 1. The third-order valence-electron chi connectivity index (χ3n) is 3.67. The minimum atomic E-state index is -4.01. The van der Waals surface area contributed by atoms with Gasteiger partial charge in [-0.05, 0) is 48.4 Å². The second-order valence-corrected chi connectivity index (χ2v) is 7.29. The van der Waals surface area contributed by atoms with Gasteiger partial charge in [-0.1, -0.05) is 23.7 Å². The van der Waals surface area contributed by atoms with Crippen LogP contribution in [-0.2, 0) is 21.3 Å². The predicted molar refractivity (Wildman–Crippen MR) is 96.6 cm³/mol. The van der Waals surface area contributed by atoms with Gasteiger partial charge in [0.2, 0.25) is 0 Å². The quantitative estimate of drug-likeness (QED) is 0.610. The van der Waals surface area contributed by atoms with Gasteiger partial charge in [0.05, 0.1) is 17.1 Å². The predicted octanol–water partition coefficient (Wildman–Crippen LogP) is 3.84. The third-order valence-corrected chi connectivity index (χ3v) is 5.29. The number of aromatic nitrogens is 1. The fourth-order valence-corrected chi connectivity index (χ4v) is 3.77. The smallest absolute Gasteiger partial charge is 0.339 e. The number of benzene rings is 2. The van der Waals surface area contributed by atoms with Crippen LogP contribution in [0.2, 0.25) is 5.02 Å². The minimum absolute atomic E-state index is 0.0310. The zero-order chi connectivity index (χ0) is 17.9. The van der Waals surface area contributed by atoms with E-state index in [4.69, 9.17) is 20.5 Å². The van der Waals surface area contributed by atoms with E-state index in [1.165, 1.54) is 12.1 Å². The van der Waals surface area contributed by atoms with Gasteiger partial charge in [0.1, 0.15) is 10.6 Å². The van der Waals surface area contributed by atoms with Crippen LogP contribution in [0.4, 0.5) is 0 Å². The van der Waals surface area contributed by atoms with Crippen molar-refractivity contribution in [3.63, 3.8) is 0 Å². The van der Waals surface area contributed by atoms with Gasteiger partial charge in [-0.2, -0.15) is 8.42 Å². The molecule has 2 aromatic carbocycles. The molecule has 0 saturated heterocycles. The summed E-state index contributed by atoms with van der Waals surface area (Å²) in [5.74, 6) is 0.244. The van der Waals surface area contributed by atoms with Crippen molar-refractivity contribution in [1.29, 1.82) is 0 Å². The molecule has 5 nitrogen and oxygen atoms in total. The molecule has 0 bridgehead atoms. The molecular weight excluding hydrogens is 362 g/mol. The van der Waals surface area contributed by atoms with Crippen LogP contribution in [0.25, 0.3) is 10.9 Å². The van der Waals surface area contributed by atoms with E-state index in [2.05, 4.69) is 4.98 Å². The average Bonchev–Trinajstić information content (AvgIpc) is 2.61. The van der Waals surface area contributed by atoms with Gasteiger partial charge < -0.3 is 8.92 Å². The molecular formula is C18H16ClNO4S. The van der Waals surface area contributed by atoms with Crippen LogP contribution < -0.4 is 4.18 Å². The largest absolute Gasteiger partial charge is 0.384 e. The van der Waals surface area contributed by atoms with Gasteiger partial charge in [0, 0.05) is 18.7 Å². The molecule has 130 valence electrons. The van der Waals surface area contributed by atoms with Crippen molar-refractivity contribution in [2.24, 2.45) is 0 Å². The van der Waals surface area contributed by atoms with E-state index in [-0.39, 0.29) is 10.6 Å². The maximum absolute atomic E-state index is 12.7. The van der Waals surface area contributed by atoms with Crippen molar-refractivity contribution in [2.75, 3.05) is 13.7 Å². The summed E-state index contributed by atoms with van der Waals surface area (Å²) in [5, 5.41) is 0.809. The Morgan fingerprint density at radius 3 is 2.56 bits per heavy atom. The number of pyridine rings is 1. The highest BCUT2D eigenvalue weighted by Crippen LogP contribution is 2.29. The Bertz CT molecular complexity index is 988. The number of methoxy groups -OCH3 is 1. The van der Waals surface area contributed by atoms with Crippen molar-refractivity contribution < 1.29 is 17.3 Å². The molecule has 0 spiro atoms. The molecule has 0 aliphatic rings. The SMILES string of the molecule is COCCc1ccc(OS(=O)(=O)c2ccc(Cl)c3ncccc23)cc1. The molecule has 0 atom stereocenters. The monoisotopic (exact) mass is 377 g/mol. The van der Waals surface area contributed by atoms with E-state index in [1.807, 2.05) is 12.1 Å². The summed E-state index contributed by atoms with van der Waals surface area (Å²) < 4.78 is 35.6. The van der Waals surface area contributed by atoms with Gasteiger partial charge in [-0.25, -0.2) is 0 Å². The molecule has 0 fully saturated rings.